The number of rotatable bonds is 6. The second-order valence-corrected chi connectivity index (χ2v) is 6.65. The van der Waals surface area contributed by atoms with Gasteiger partial charge in [-0.1, -0.05) is 17.3 Å². The predicted octanol–water partition coefficient (Wildman–Crippen LogP) is 4.61. The van der Waals surface area contributed by atoms with E-state index in [1.54, 1.807) is 12.1 Å². The zero-order valence-electron chi connectivity index (χ0n) is 15.3. The van der Waals surface area contributed by atoms with Crippen molar-refractivity contribution >= 4 is 0 Å². The van der Waals surface area contributed by atoms with Gasteiger partial charge in [-0.2, -0.15) is 4.98 Å². The fraction of sp³-hybridized carbons (Fsp3) is 0.333. The van der Waals surface area contributed by atoms with E-state index >= 15 is 0 Å². The van der Waals surface area contributed by atoms with Crippen molar-refractivity contribution in [3.05, 3.63) is 65.8 Å². The molecule has 0 bridgehead atoms. The molecule has 1 saturated heterocycles. The van der Waals surface area contributed by atoms with Crippen molar-refractivity contribution in [2.45, 2.75) is 32.4 Å². The molecule has 4 rings (SSSR count). The summed E-state index contributed by atoms with van der Waals surface area (Å²) in [7, 11) is 0. The van der Waals surface area contributed by atoms with Gasteiger partial charge >= 0.3 is 0 Å². The van der Waals surface area contributed by atoms with Crippen molar-refractivity contribution < 1.29 is 13.7 Å². The Balaban J connectivity index is 1.46. The summed E-state index contributed by atoms with van der Waals surface area (Å²) in [5, 5.41) is 4.04. The van der Waals surface area contributed by atoms with Crippen molar-refractivity contribution in [1.82, 2.24) is 15.0 Å². The van der Waals surface area contributed by atoms with Crippen molar-refractivity contribution in [2.24, 2.45) is 0 Å². The molecule has 0 saturated carbocycles. The van der Waals surface area contributed by atoms with Crippen molar-refractivity contribution in [3.8, 4) is 17.1 Å². The second-order valence-electron chi connectivity index (χ2n) is 6.65. The highest BCUT2D eigenvalue weighted by Crippen LogP contribution is 2.34. The van der Waals surface area contributed by atoms with E-state index in [2.05, 4.69) is 27.2 Å². The predicted molar refractivity (Wildman–Crippen MR) is 99.7 cm³/mol. The van der Waals surface area contributed by atoms with Gasteiger partial charge in [-0.3, -0.25) is 4.90 Å². The highest BCUT2D eigenvalue weighted by atomic mass is 19.1. The Morgan fingerprint density at radius 1 is 1.15 bits per heavy atom. The van der Waals surface area contributed by atoms with E-state index in [9.17, 15) is 4.39 Å². The number of benzene rings is 2. The van der Waals surface area contributed by atoms with Gasteiger partial charge in [0, 0.05) is 11.6 Å². The Hall–Kier alpha value is -2.73. The summed E-state index contributed by atoms with van der Waals surface area (Å²) in [4.78, 5) is 6.84. The van der Waals surface area contributed by atoms with Gasteiger partial charge in [-0.15, -0.1) is 0 Å². The molecular weight excluding hydrogens is 345 g/mol. The van der Waals surface area contributed by atoms with Crippen LogP contribution in [-0.2, 0) is 6.54 Å². The number of nitrogens with zero attached hydrogens (tertiary/aromatic N) is 3. The first-order valence-electron chi connectivity index (χ1n) is 9.28. The van der Waals surface area contributed by atoms with Crippen LogP contribution in [0.1, 0.15) is 37.3 Å². The summed E-state index contributed by atoms with van der Waals surface area (Å²) in [6, 6.07) is 14.7. The second kappa shape index (κ2) is 7.88. The number of hydrogen-bond acceptors (Lipinski definition) is 5. The highest BCUT2D eigenvalue weighted by molar-refractivity contribution is 5.53. The summed E-state index contributed by atoms with van der Waals surface area (Å²) in [6.07, 6.45) is 2.24. The van der Waals surface area contributed by atoms with Crippen molar-refractivity contribution in [1.29, 1.82) is 0 Å². The lowest BCUT2D eigenvalue weighted by Gasteiger charge is -2.23. The van der Waals surface area contributed by atoms with E-state index in [-0.39, 0.29) is 5.82 Å². The Morgan fingerprint density at radius 2 is 1.93 bits per heavy atom. The minimum absolute atomic E-state index is 0.280. The molecule has 0 N–H and O–H groups in total. The molecule has 1 aliphatic heterocycles. The fourth-order valence-corrected chi connectivity index (χ4v) is 3.55. The fourth-order valence-electron chi connectivity index (χ4n) is 3.55. The summed E-state index contributed by atoms with van der Waals surface area (Å²) in [5.74, 6) is 1.68. The van der Waals surface area contributed by atoms with Crippen LogP contribution in [0.25, 0.3) is 11.4 Å². The molecule has 1 atom stereocenters. The Morgan fingerprint density at radius 3 is 2.67 bits per heavy atom. The lowest BCUT2D eigenvalue weighted by molar-refractivity contribution is 0.212. The zero-order chi connectivity index (χ0) is 18.6. The number of likely N-dealkylation sites (tertiary alicyclic amines) is 1. The first-order valence-corrected chi connectivity index (χ1v) is 9.28. The van der Waals surface area contributed by atoms with Crippen LogP contribution in [0, 0.1) is 5.82 Å². The van der Waals surface area contributed by atoms with Gasteiger partial charge < -0.3 is 9.26 Å². The maximum Gasteiger partial charge on any atom is 0.241 e. The summed E-state index contributed by atoms with van der Waals surface area (Å²) >= 11 is 0. The molecule has 2 heterocycles. The standard InChI is InChI=1S/C21H22FN3O2/c1-2-26-18-11-7-15(8-12-18)19-4-3-13-25(19)14-20-23-21(24-27-20)16-5-9-17(22)10-6-16/h5-12,19H,2-4,13-14H2,1H3/t19-/m1/s1. The molecule has 140 valence electrons. The lowest BCUT2D eigenvalue weighted by Crippen LogP contribution is -2.22. The molecule has 27 heavy (non-hydrogen) atoms. The summed E-state index contributed by atoms with van der Waals surface area (Å²) in [5.41, 5.74) is 2.02. The largest absolute Gasteiger partial charge is 0.494 e. The quantitative estimate of drug-likeness (QED) is 0.637. The van der Waals surface area contributed by atoms with Gasteiger partial charge in [-0.25, -0.2) is 4.39 Å². The summed E-state index contributed by atoms with van der Waals surface area (Å²) in [6.45, 7) is 4.25. The van der Waals surface area contributed by atoms with Gasteiger partial charge in [-0.05, 0) is 68.3 Å². The molecule has 1 fully saturated rings. The molecule has 1 aliphatic rings. The number of aromatic nitrogens is 2. The molecule has 0 amide bonds. The monoisotopic (exact) mass is 367 g/mol. The molecule has 0 aliphatic carbocycles. The molecule has 6 heteroatoms. The van der Waals surface area contributed by atoms with Crippen LogP contribution in [-0.4, -0.2) is 28.2 Å². The van der Waals surface area contributed by atoms with Crippen LogP contribution in [0.5, 0.6) is 5.75 Å². The molecule has 1 aromatic heterocycles. The van der Waals surface area contributed by atoms with E-state index < -0.39 is 0 Å². The molecule has 3 aromatic rings. The highest BCUT2D eigenvalue weighted by Gasteiger charge is 2.27. The van der Waals surface area contributed by atoms with Gasteiger partial charge in [0.15, 0.2) is 0 Å². The van der Waals surface area contributed by atoms with Gasteiger partial charge in [0.1, 0.15) is 11.6 Å². The SMILES string of the molecule is CCOc1ccc([C@H]2CCCN2Cc2nc(-c3ccc(F)cc3)no2)cc1. The number of halogens is 1. The first-order chi connectivity index (χ1) is 13.2. The zero-order valence-corrected chi connectivity index (χ0v) is 15.3. The molecule has 2 aromatic carbocycles. The number of ether oxygens (including phenoxy) is 1. The van der Waals surface area contributed by atoms with Crippen LogP contribution in [0.15, 0.2) is 53.1 Å². The molecular formula is C21H22FN3O2. The smallest absolute Gasteiger partial charge is 0.241 e. The average Bonchev–Trinajstić information content (AvgIpc) is 3.34. The third-order valence-electron chi connectivity index (χ3n) is 4.85. The van der Waals surface area contributed by atoms with E-state index in [1.807, 2.05) is 19.1 Å². The average molecular weight is 367 g/mol. The maximum absolute atomic E-state index is 13.1. The van der Waals surface area contributed by atoms with E-state index in [1.165, 1.54) is 17.7 Å². The Labute approximate surface area is 157 Å². The van der Waals surface area contributed by atoms with Crippen LogP contribution in [0.3, 0.4) is 0 Å². The van der Waals surface area contributed by atoms with E-state index in [4.69, 9.17) is 9.26 Å². The maximum atomic E-state index is 13.1. The van der Waals surface area contributed by atoms with Crippen LogP contribution in [0.4, 0.5) is 4.39 Å². The van der Waals surface area contributed by atoms with E-state index in [0.717, 1.165) is 30.7 Å². The minimum Gasteiger partial charge on any atom is -0.494 e. The third kappa shape index (κ3) is 4.01. The minimum atomic E-state index is -0.280. The Kier molecular flexibility index (Phi) is 5.16. The van der Waals surface area contributed by atoms with Crippen LogP contribution >= 0.6 is 0 Å². The van der Waals surface area contributed by atoms with Gasteiger partial charge in [0.2, 0.25) is 11.7 Å². The molecule has 0 radical (unpaired) electrons. The van der Waals surface area contributed by atoms with E-state index in [0.29, 0.717) is 30.9 Å². The first kappa shape index (κ1) is 17.7. The third-order valence-corrected chi connectivity index (χ3v) is 4.85. The molecule has 0 unspecified atom stereocenters. The summed E-state index contributed by atoms with van der Waals surface area (Å²) < 4.78 is 24.0. The Bertz CT molecular complexity index is 877. The van der Waals surface area contributed by atoms with Crippen molar-refractivity contribution in [2.75, 3.05) is 13.2 Å². The lowest BCUT2D eigenvalue weighted by atomic mass is 10.0. The van der Waals surface area contributed by atoms with Gasteiger partial charge in [0.25, 0.3) is 0 Å². The van der Waals surface area contributed by atoms with Gasteiger partial charge in [0.05, 0.1) is 13.2 Å². The van der Waals surface area contributed by atoms with Crippen LogP contribution < -0.4 is 4.74 Å². The normalized spacial score (nSPS) is 17.3. The number of hydrogen-bond donors (Lipinski definition) is 0. The molecule has 5 nitrogen and oxygen atoms in total. The molecule has 0 spiro atoms. The van der Waals surface area contributed by atoms with Crippen LogP contribution in [0.2, 0.25) is 0 Å². The topological polar surface area (TPSA) is 51.4 Å². The van der Waals surface area contributed by atoms with Crippen molar-refractivity contribution in [3.63, 3.8) is 0 Å².